The molecular weight excluding hydrogens is 282 g/mol. The Bertz CT molecular complexity index is 585. The maximum atomic E-state index is 12.0. The quantitative estimate of drug-likeness (QED) is 0.889. The molecule has 2 amide bonds. The van der Waals surface area contributed by atoms with E-state index in [0.29, 0.717) is 11.3 Å². The van der Waals surface area contributed by atoms with Crippen LogP contribution in [-0.2, 0) is 9.59 Å². The summed E-state index contributed by atoms with van der Waals surface area (Å²) in [6.45, 7) is 5.34. The standard InChI is InChI=1S/C16H21N3O3/c1-16(2,3)18-14(20)10-19(4)15(21)11-22-13-8-6-5-7-12(13)9-17/h5-8H,10-11H2,1-4H3,(H,18,20). The Morgan fingerprint density at radius 1 is 1.32 bits per heavy atom. The van der Waals surface area contributed by atoms with Crippen molar-refractivity contribution in [2.24, 2.45) is 0 Å². The summed E-state index contributed by atoms with van der Waals surface area (Å²) >= 11 is 0. The number of hydrogen-bond acceptors (Lipinski definition) is 4. The zero-order chi connectivity index (χ0) is 16.8. The van der Waals surface area contributed by atoms with Crippen LogP contribution in [0.5, 0.6) is 5.75 Å². The van der Waals surface area contributed by atoms with Crippen LogP contribution in [0.1, 0.15) is 26.3 Å². The third-order valence-corrected chi connectivity index (χ3v) is 2.68. The van der Waals surface area contributed by atoms with Crippen molar-refractivity contribution in [1.29, 1.82) is 5.26 Å². The zero-order valence-corrected chi connectivity index (χ0v) is 13.3. The Morgan fingerprint density at radius 3 is 2.55 bits per heavy atom. The molecule has 0 aliphatic heterocycles. The van der Waals surface area contributed by atoms with Crippen molar-refractivity contribution in [1.82, 2.24) is 10.2 Å². The molecule has 0 aromatic heterocycles. The minimum atomic E-state index is -0.344. The van der Waals surface area contributed by atoms with Gasteiger partial charge in [0.1, 0.15) is 11.8 Å². The first kappa shape index (κ1) is 17.5. The molecule has 0 bridgehead atoms. The van der Waals surface area contributed by atoms with Crippen molar-refractivity contribution in [2.75, 3.05) is 20.2 Å². The van der Waals surface area contributed by atoms with E-state index in [0.717, 1.165) is 0 Å². The molecule has 0 radical (unpaired) electrons. The largest absolute Gasteiger partial charge is 0.482 e. The van der Waals surface area contributed by atoms with Crippen LogP contribution in [0.2, 0.25) is 0 Å². The van der Waals surface area contributed by atoms with Gasteiger partial charge in [0.05, 0.1) is 12.1 Å². The Balaban J connectivity index is 2.52. The second-order valence-corrected chi connectivity index (χ2v) is 5.94. The second kappa shape index (κ2) is 7.46. The molecule has 1 N–H and O–H groups in total. The van der Waals surface area contributed by atoms with Crippen molar-refractivity contribution in [2.45, 2.75) is 26.3 Å². The van der Waals surface area contributed by atoms with Crippen molar-refractivity contribution >= 4 is 11.8 Å². The molecule has 6 heteroatoms. The van der Waals surface area contributed by atoms with Crippen LogP contribution < -0.4 is 10.1 Å². The average molecular weight is 303 g/mol. The van der Waals surface area contributed by atoms with E-state index in [4.69, 9.17) is 10.00 Å². The van der Waals surface area contributed by atoms with Gasteiger partial charge in [0, 0.05) is 12.6 Å². The maximum Gasteiger partial charge on any atom is 0.260 e. The topological polar surface area (TPSA) is 82.4 Å². The highest BCUT2D eigenvalue weighted by Crippen LogP contribution is 2.16. The number of hydrogen-bond donors (Lipinski definition) is 1. The van der Waals surface area contributed by atoms with Crippen LogP contribution in [0.3, 0.4) is 0 Å². The first-order valence-corrected chi connectivity index (χ1v) is 6.90. The monoisotopic (exact) mass is 303 g/mol. The summed E-state index contributed by atoms with van der Waals surface area (Å²) in [5.41, 5.74) is 0.0202. The van der Waals surface area contributed by atoms with Gasteiger partial charge in [0.15, 0.2) is 6.61 Å². The first-order valence-electron chi connectivity index (χ1n) is 6.90. The number of likely N-dealkylation sites (N-methyl/N-ethyl adjacent to an activating group) is 1. The van der Waals surface area contributed by atoms with Crippen LogP contribution in [0.4, 0.5) is 0 Å². The molecule has 0 saturated heterocycles. The summed E-state index contributed by atoms with van der Waals surface area (Å²) in [6, 6.07) is 8.67. The van der Waals surface area contributed by atoms with Gasteiger partial charge in [-0.15, -0.1) is 0 Å². The minimum absolute atomic E-state index is 0.0423. The Kier molecular flexibility index (Phi) is 5.93. The number of amides is 2. The highest BCUT2D eigenvalue weighted by Gasteiger charge is 2.18. The molecule has 1 aromatic carbocycles. The lowest BCUT2D eigenvalue weighted by Gasteiger charge is -2.23. The molecule has 0 heterocycles. The van der Waals surface area contributed by atoms with Crippen LogP contribution in [0, 0.1) is 11.3 Å². The lowest BCUT2D eigenvalue weighted by atomic mass is 10.1. The number of rotatable bonds is 5. The molecule has 0 aliphatic rings. The van der Waals surface area contributed by atoms with E-state index in [1.54, 1.807) is 24.3 Å². The van der Waals surface area contributed by atoms with E-state index < -0.39 is 0 Å². The van der Waals surface area contributed by atoms with Gasteiger partial charge in [0.25, 0.3) is 5.91 Å². The van der Waals surface area contributed by atoms with Gasteiger partial charge in [-0.05, 0) is 32.9 Å². The molecule has 6 nitrogen and oxygen atoms in total. The predicted molar refractivity (Wildman–Crippen MR) is 82.2 cm³/mol. The molecule has 0 fully saturated rings. The SMILES string of the molecule is CN(CC(=O)NC(C)(C)C)C(=O)COc1ccccc1C#N. The smallest absolute Gasteiger partial charge is 0.260 e. The van der Waals surface area contributed by atoms with E-state index >= 15 is 0 Å². The summed E-state index contributed by atoms with van der Waals surface area (Å²) in [4.78, 5) is 25.0. The summed E-state index contributed by atoms with van der Waals surface area (Å²) in [6.07, 6.45) is 0. The van der Waals surface area contributed by atoms with Crippen molar-refractivity contribution < 1.29 is 14.3 Å². The zero-order valence-electron chi connectivity index (χ0n) is 13.3. The Labute approximate surface area is 130 Å². The second-order valence-electron chi connectivity index (χ2n) is 5.94. The van der Waals surface area contributed by atoms with E-state index in [2.05, 4.69) is 5.32 Å². The normalized spacial score (nSPS) is 10.5. The van der Waals surface area contributed by atoms with E-state index in [-0.39, 0.29) is 30.5 Å². The van der Waals surface area contributed by atoms with Gasteiger partial charge in [-0.3, -0.25) is 9.59 Å². The van der Waals surface area contributed by atoms with Gasteiger partial charge in [0.2, 0.25) is 5.91 Å². The average Bonchev–Trinajstić information content (AvgIpc) is 2.42. The fourth-order valence-corrected chi connectivity index (χ4v) is 1.70. The lowest BCUT2D eigenvalue weighted by Crippen LogP contribution is -2.47. The molecule has 0 unspecified atom stereocenters. The van der Waals surface area contributed by atoms with E-state index in [9.17, 15) is 9.59 Å². The number of carbonyl (C=O) groups is 2. The molecule has 0 spiro atoms. The fraction of sp³-hybridized carbons (Fsp3) is 0.438. The first-order chi connectivity index (χ1) is 10.2. The Hall–Kier alpha value is -2.55. The molecule has 0 atom stereocenters. The van der Waals surface area contributed by atoms with Crippen LogP contribution >= 0.6 is 0 Å². The van der Waals surface area contributed by atoms with Gasteiger partial charge < -0.3 is 15.0 Å². The third-order valence-electron chi connectivity index (χ3n) is 2.68. The van der Waals surface area contributed by atoms with Gasteiger partial charge in [-0.2, -0.15) is 5.26 Å². The van der Waals surface area contributed by atoms with Gasteiger partial charge in [-0.1, -0.05) is 12.1 Å². The summed E-state index contributed by atoms with van der Waals surface area (Å²) in [5.74, 6) is -0.219. The number of benzene rings is 1. The minimum Gasteiger partial charge on any atom is -0.482 e. The van der Waals surface area contributed by atoms with Crippen LogP contribution in [0.25, 0.3) is 0 Å². The van der Waals surface area contributed by atoms with Crippen molar-refractivity contribution in [3.63, 3.8) is 0 Å². The third kappa shape index (κ3) is 5.83. The summed E-state index contributed by atoms with van der Waals surface area (Å²) < 4.78 is 5.35. The summed E-state index contributed by atoms with van der Waals surface area (Å²) in [5, 5.41) is 11.7. The number of nitrogens with one attached hydrogen (secondary N) is 1. The van der Waals surface area contributed by atoms with E-state index in [1.807, 2.05) is 26.8 Å². The van der Waals surface area contributed by atoms with Crippen LogP contribution in [0.15, 0.2) is 24.3 Å². The van der Waals surface area contributed by atoms with Gasteiger partial charge in [-0.25, -0.2) is 0 Å². The van der Waals surface area contributed by atoms with Crippen molar-refractivity contribution in [3.8, 4) is 11.8 Å². The molecule has 0 saturated carbocycles. The highest BCUT2D eigenvalue weighted by atomic mass is 16.5. The highest BCUT2D eigenvalue weighted by molar-refractivity contribution is 5.85. The number of nitrogens with zero attached hydrogens (tertiary/aromatic N) is 2. The van der Waals surface area contributed by atoms with E-state index in [1.165, 1.54) is 11.9 Å². The lowest BCUT2D eigenvalue weighted by molar-refractivity contribution is -0.136. The molecule has 1 rings (SSSR count). The van der Waals surface area contributed by atoms with Crippen molar-refractivity contribution in [3.05, 3.63) is 29.8 Å². The summed E-state index contributed by atoms with van der Waals surface area (Å²) in [7, 11) is 1.53. The number of ether oxygens (including phenoxy) is 1. The maximum absolute atomic E-state index is 12.0. The van der Waals surface area contributed by atoms with Crippen LogP contribution in [-0.4, -0.2) is 42.5 Å². The predicted octanol–water partition coefficient (Wildman–Crippen LogP) is 1.31. The Morgan fingerprint density at radius 2 is 1.95 bits per heavy atom. The number of nitriles is 1. The fourth-order valence-electron chi connectivity index (χ4n) is 1.70. The number of para-hydroxylation sites is 1. The molecule has 1 aromatic rings. The number of carbonyl (C=O) groups excluding carboxylic acids is 2. The molecule has 22 heavy (non-hydrogen) atoms. The van der Waals surface area contributed by atoms with Gasteiger partial charge >= 0.3 is 0 Å². The molecular formula is C16H21N3O3. The molecule has 118 valence electrons. The molecule has 0 aliphatic carbocycles.